The Labute approximate surface area is 127 Å². The fourth-order valence-corrected chi connectivity index (χ4v) is 2.67. The van der Waals surface area contributed by atoms with Crippen molar-refractivity contribution in [2.75, 3.05) is 6.26 Å². The highest BCUT2D eigenvalue weighted by molar-refractivity contribution is 7.98. The summed E-state index contributed by atoms with van der Waals surface area (Å²) in [5, 5.41) is 10.3. The summed E-state index contributed by atoms with van der Waals surface area (Å²) in [6, 6.07) is 17.6. The monoisotopic (exact) mass is 292 g/mol. The quantitative estimate of drug-likeness (QED) is 0.661. The highest BCUT2D eigenvalue weighted by Crippen LogP contribution is 2.31. The molecule has 21 heavy (non-hydrogen) atoms. The second-order valence-corrected chi connectivity index (χ2v) is 5.26. The number of nitriles is 1. The third-order valence-electron chi connectivity index (χ3n) is 3.11. The Bertz CT molecular complexity index is 840. The molecule has 1 heterocycles. The van der Waals surface area contributed by atoms with Gasteiger partial charge < -0.3 is 4.74 Å². The Morgan fingerprint density at radius 3 is 2.81 bits per heavy atom. The van der Waals surface area contributed by atoms with Gasteiger partial charge >= 0.3 is 0 Å². The van der Waals surface area contributed by atoms with Gasteiger partial charge in [-0.1, -0.05) is 24.3 Å². The lowest BCUT2D eigenvalue weighted by molar-refractivity contribution is 0.478. The Morgan fingerprint density at radius 2 is 2.00 bits per heavy atom. The molecule has 0 amide bonds. The molecule has 3 nitrogen and oxygen atoms in total. The van der Waals surface area contributed by atoms with Crippen LogP contribution < -0.4 is 4.74 Å². The van der Waals surface area contributed by atoms with E-state index >= 15 is 0 Å². The number of aromatic nitrogens is 1. The summed E-state index contributed by atoms with van der Waals surface area (Å²) in [4.78, 5) is 5.27. The second kappa shape index (κ2) is 5.86. The smallest absolute Gasteiger partial charge is 0.146 e. The van der Waals surface area contributed by atoms with Crippen molar-refractivity contribution in [2.45, 2.75) is 4.90 Å². The molecule has 0 bridgehead atoms. The molecule has 0 aliphatic carbocycles. The Balaban J connectivity index is 2.01. The average molecular weight is 292 g/mol. The summed E-state index contributed by atoms with van der Waals surface area (Å²) < 4.78 is 5.85. The van der Waals surface area contributed by atoms with Gasteiger partial charge in [-0.3, -0.25) is 4.98 Å². The van der Waals surface area contributed by atoms with Gasteiger partial charge in [0.2, 0.25) is 0 Å². The van der Waals surface area contributed by atoms with Crippen molar-refractivity contribution in [2.24, 2.45) is 0 Å². The number of rotatable bonds is 3. The lowest BCUT2D eigenvalue weighted by Crippen LogP contribution is -1.91. The maximum absolute atomic E-state index is 9.32. The number of para-hydroxylation sites is 1. The highest BCUT2D eigenvalue weighted by atomic mass is 32.2. The molecule has 0 saturated carbocycles. The molecule has 3 aromatic rings. The van der Waals surface area contributed by atoms with E-state index in [0.717, 1.165) is 15.8 Å². The molecule has 1 aromatic heterocycles. The molecule has 0 unspecified atom stereocenters. The molecule has 0 saturated heterocycles. The van der Waals surface area contributed by atoms with Crippen LogP contribution in [0, 0.1) is 11.3 Å². The number of nitrogens with zero attached hydrogens (tertiary/aromatic N) is 2. The van der Waals surface area contributed by atoms with Crippen molar-refractivity contribution in [3.63, 3.8) is 0 Å². The van der Waals surface area contributed by atoms with Crippen LogP contribution in [0.2, 0.25) is 0 Å². The maximum Gasteiger partial charge on any atom is 0.146 e. The third kappa shape index (κ3) is 2.69. The molecular formula is C17H12N2OS. The minimum absolute atomic E-state index is 0.554. The van der Waals surface area contributed by atoms with Crippen molar-refractivity contribution in [3.8, 4) is 17.6 Å². The van der Waals surface area contributed by atoms with Gasteiger partial charge in [-0.25, -0.2) is 0 Å². The minimum Gasteiger partial charge on any atom is -0.454 e. The lowest BCUT2D eigenvalue weighted by atomic mass is 10.2. The van der Waals surface area contributed by atoms with Crippen molar-refractivity contribution < 1.29 is 4.74 Å². The van der Waals surface area contributed by atoms with E-state index in [0.29, 0.717) is 17.1 Å². The number of ether oxygens (including phenoxy) is 1. The summed E-state index contributed by atoms with van der Waals surface area (Å²) in [5.74, 6) is 1.19. The van der Waals surface area contributed by atoms with Gasteiger partial charge in [-0.2, -0.15) is 5.26 Å². The van der Waals surface area contributed by atoms with Gasteiger partial charge in [-0.05, 0) is 30.5 Å². The van der Waals surface area contributed by atoms with E-state index in [9.17, 15) is 5.26 Å². The number of thioether (sulfide) groups is 1. The molecule has 2 aromatic carbocycles. The molecule has 3 rings (SSSR count). The van der Waals surface area contributed by atoms with E-state index in [1.807, 2.05) is 48.7 Å². The first-order valence-electron chi connectivity index (χ1n) is 6.41. The van der Waals surface area contributed by atoms with Crippen LogP contribution in [0.4, 0.5) is 0 Å². The van der Waals surface area contributed by atoms with Crippen LogP contribution in [-0.2, 0) is 0 Å². The third-order valence-corrected chi connectivity index (χ3v) is 3.89. The van der Waals surface area contributed by atoms with Crippen LogP contribution >= 0.6 is 11.8 Å². The van der Waals surface area contributed by atoms with Crippen LogP contribution in [0.3, 0.4) is 0 Å². The summed E-state index contributed by atoms with van der Waals surface area (Å²) in [5.41, 5.74) is 1.47. The Morgan fingerprint density at radius 1 is 1.14 bits per heavy atom. The van der Waals surface area contributed by atoms with Gasteiger partial charge in [0.25, 0.3) is 0 Å². The Hall–Kier alpha value is -2.51. The van der Waals surface area contributed by atoms with E-state index in [4.69, 9.17) is 4.74 Å². The van der Waals surface area contributed by atoms with Crippen molar-refractivity contribution in [1.82, 2.24) is 4.98 Å². The van der Waals surface area contributed by atoms with Gasteiger partial charge in [-0.15, -0.1) is 11.8 Å². The van der Waals surface area contributed by atoms with Crippen LogP contribution in [0.25, 0.3) is 10.9 Å². The van der Waals surface area contributed by atoms with Crippen LogP contribution in [-0.4, -0.2) is 11.2 Å². The molecule has 0 radical (unpaired) electrons. The maximum atomic E-state index is 9.32. The largest absolute Gasteiger partial charge is 0.454 e. The fraction of sp³-hybridized carbons (Fsp3) is 0.0588. The fourth-order valence-electron chi connectivity index (χ4n) is 2.11. The minimum atomic E-state index is 0.554. The molecule has 4 heteroatoms. The van der Waals surface area contributed by atoms with Crippen molar-refractivity contribution >= 4 is 22.7 Å². The van der Waals surface area contributed by atoms with E-state index in [1.54, 1.807) is 12.3 Å². The van der Waals surface area contributed by atoms with Crippen LogP contribution in [0.5, 0.6) is 11.5 Å². The summed E-state index contributed by atoms with van der Waals surface area (Å²) in [6.07, 6.45) is 3.62. The van der Waals surface area contributed by atoms with E-state index in [1.165, 1.54) is 11.8 Å². The first-order valence-corrected chi connectivity index (χ1v) is 7.64. The normalized spacial score (nSPS) is 10.3. The molecule has 102 valence electrons. The SMILES string of the molecule is CSc1cccc(Oc2cnc3ccccc3c2)c1C#N. The lowest BCUT2D eigenvalue weighted by Gasteiger charge is -2.10. The predicted molar refractivity (Wildman–Crippen MR) is 84.8 cm³/mol. The second-order valence-electron chi connectivity index (χ2n) is 4.41. The molecule has 0 aliphatic rings. The number of hydrogen-bond acceptors (Lipinski definition) is 4. The van der Waals surface area contributed by atoms with E-state index < -0.39 is 0 Å². The van der Waals surface area contributed by atoms with Crippen molar-refractivity contribution in [3.05, 3.63) is 60.3 Å². The van der Waals surface area contributed by atoms with Crippen LogP contribution in [0.1, 0.15) is 5.56 Å². The van der Waals surface area contributed by atoms with Gasteiger partial charge in [0.1, 0.15) is 23.1 Å². The summed E-state index contributed by atoms with van der Waals surface area (Å²) in [6.45, 7) is 0. The predicted octanol–water partition coefficient (Wildman–Crippen LogP) is 4.62. The van der Waals surface area contributed by atoms with E-state index in [2.05, 4.69) is 11.1 Å². The molecule has 0 spiro atoms. The molecule has 0 atom stereocenters. The first-order chi connectivity index (χ1) is 10.3. The number of fused-ring (bicyclic) bond motifs is 1. The van der Waals surface area contributed by atoms with Crippen molar-refractivity contribution in [1.29, 1.82) is 5.26 Å². The number of hydrogen-bond donors (Lipinski definition) is 0. The topological polar surface area (TPSA) is 45.9 Å². The standard InChI is InChI=1S/C17H12N2OS/c1-21-17-8-4-7-16(14(17)10-18)20-13-9-12-5-2-3-6-15(12)19-11-13/h2-9,11H,1H3. The van der Waals surface area contributed by atoms with Crippen LogP contribution in [0.15, 0.2) is 59.6 Å². The molecule has 0 N–H and O–H groups in total. The molecule has 0 fully saturated rings. The zero-order valence-electron chi connectivity index (χ0n) is 11.4. The van der Waals surface area contributed by atoms with Gasteiger partial charge in [0.05, 0.1) is 11.7 Å². The number of benzene rings is 2. The summed E-state index contributed by atoms with van der Waals surface area (Å²) in [7, 11) is 0. The van der Waals surface area contributed by atoms with Gasteiger partial charge in [0.15, 0.2) is 0 Å². The number of pyridine rings is 1. The zero-order chi connectivity index (χ0) is 14.7. The van der Waals surface area contributed by atoms with Gasteiger partial charge in [0, 0.05) is 10.3 Å². The van der Waals surface area contributed by atoms with E-state index in [-0.39, 0.29) is 0 Å². The molecule has 0 aliphatic heterocycles. The Kier molecular flexibility index (Phi) is 3.76. The first kappa shape index (κ1) is 13.5. The highest BCUT2D eigenvalue weighted by Gasteiger charge is 2.10. The molecular weight excluding hydrogens is 280 g/mol. The summed E-state index contributed by atoms with van der Waals surface area (Å²) >= 11 is 1.53. The average Bonchev–Trinajstić information content (AvgIpc) is 2.54. The zero-order valence-corrected chi connectivity index (χ0v) is 12.2.